The van der Waals surface area contributed by atoms with Crippen molar-refractivity contribution in [3.8, 4) is 0 Å². The van der Waals surface area contributed by atoms with Crippen LogP contribution in [-0.4, -0.2) is 20.4 Å². The molecule has 2 N–H and O–H groups in total. The highest BCUT2D eigenvalue weighted by Crippen LogP contribution is 2.44. The van der Waals surface area contributed by atoms with Gasteiger partial charge in [-0.05, 0) is 74.8 Å². The van der Waals surface area contributed by atoms with E-state index < -0.39 is 10.0 Å². The lowest BCUT2D eigenvalue weighted by molar-refractivity contribution is 0.0922. The maximum absolute atomic E-state index is 12.8. The van der Waals surface area contributed by atoms with Gasteiger partial charge in [-0.3, -0.25) is 9.52 Å². The Morgan fingerprint density at radius 1 is 1.00 bits per heavy atom. The van der Waals surface area contributed by atoms with Gasteiger partial charge >= 0.3 is 0 Å². The number of nitrogens with one attached hydrogen (secondary N) is 2. The zero-order chi connectivity index (χ0) is 19.9. The molecule has 6 heteroatoms. The minimum atomic E-state index is -3.71. The molecule has 0 aromatic heterocycles. The predicted octanol–water partition coefficient (Wildman–Crippen LogP) is 4.02. The molecular formula is C22H26N2O3S. The second kappa shape index (κ2) is 7.24. The van der Waals surface area contributed by atoms with Gasteiger partial charge in [-0.25, -0.2) is 8.42 Å². The van der Waals surface area contributed by atoms with Gasteiger partial charge in [0.2, 0.25) is 0 Å². The smallest absolute Gasteiger partial charge is 0.261 e. The minimum absolute atomic E-state index is 0.119. The van der Waals surface area contributed by atoms with Crippen molar-refractivity contribution in [1.82, 2.24) is 5.32 Å². The van der Waals surface area contributed by atoms with Gasteiger partial charge in [0.1, 0.15) is 0 Å². The minimum Gasteiger partial charge on any atom is -0.349 e. The number of rotatable bonds is 5. The zero-order valence-electron chi connectivity index (χ0n) is 16.2. The second-order valence-electron chi connectivity index (χ2n) is 8.15. The van der Waals surface area contributed by atoms with Gasteiger partial charge in [0.15, 0.2) is 0 Å². The van der Waals surface area contributed by atoms with Crippen LogP contribution in [0.25, 0.3) is 0 Å². The molecule has 4 rings (SSSR count). The number of amides is 1. The Labute approximate surface area is 166 Å². The van der Waals surface area contributed by atoms with E-state index in [1.165, 1.54) is 19.3 Å². The van der Waals surface area contributed by atoms with Crippen molar-refractivity contribution in [3.63, 3.8) is 0 Å². The molecule has 148 valence electrons. The number of hydrogen-bond donors (Lipinski definition) is 2. The Balaban J connectivity index is 1.53. The first-order chi connectivity index (χ1) is 13.3. The van der Waals surface area contributed by atoms with Gasteiger partial charge in [0, 0.05) is 11.6 Å². The van der Waals surface area contributed by atoms with Crippen molar-refractivity contribution in [2.24, 2.45) is 11.8 Å². The molecule has 2 fully saturated rings. The van der Waals surface area contributed by atoms with Crippen molar-refractivity contribution in [1.29, 1.82) is 0 Å². The molecule has 2 aromatic rings. The summed E-state index contributed by atoms with van der Waals surface area (Å²) in [6.45, 7) is 3.69. The summed E-state index contributed by atoms with van der Waals surface area (Å²) in [5.41, 5.74) is 2.58. The number of sulfonamides is 1. The Morgan fingerprint density at radius 3 is 2.39 bits per heavy atom. The third kappa shape index (κ3) is 3.65. The van der Waals surface area contributed by atoms with Crippen LogP contribution in [0.1, 0.15) is 47.2 Å². The zero-order valence-corrected chi connectivity index (χ0v) is 17.1. The molecule has 3 atom stereocenters. The Morgan fingerprint density at radius 2 is 1.75 bits per heavy atom. The maximum Gasteiger partial charge on any atom is 0.261 e. The highest BCUT2D eigenvalue weighted by Gasteiger charge is 2.40. The van der Waals surface area contributed by atoms with Crippen LogP contribution in [0.15, 0.2) is 47.4 Å². The average Bonchev–Trinajstić information content (AvgIpc) is 3.26. The van der Waals surface area contributed by atoms with E-state index in [0.717, 1.165) is 17.9 Å². The summed E-state index contributed by atoms with van der Waals surface area (Å²) >= 11 is 0. The van der Waals surface area contributed by atoms with Crippen LogP contribution in [0.3, 0.4) is 0 Å². The molecule has 0 aliphatic heterocycles. The van der Waals surface area contributed by atoms with Gasteiger partial charge in [-0.2, -0.15) is 0 Å². The molecule has 0 spiro atoms. The van der Waals surface area contributed by atoms with E-state index in [1.54, 1.807) is 49.4 Å². The highest BCUT2D eigenvalue weighted by atomic mass is 32.2. The van der Waals surface area contributed by atoms with E-state index in [-0.39, 0.29) is 16.8 Å². The summed E-state index contributed by atoms with van der Waals surface area (Å²) in [6.07, 6.45) is 4.77. The lowest BCUT2D eigenvalue weighted by Crippen LogP contribution is -2.38. The first-order valence-electron chi connectivity index (χ1n) is 9.83. The highest BCUT2D eigenvalue weighted by molar-refractivity contribution is 7.92. The first kappa shape index (κ1) is 19.0. The molecule has 2 saturated carbocycles. The number of benzene rings is 2. The molecule has 2 aromatic carbocycles. The standard InChI is InChI=1S/C22H26N2O3S/c1-14-6-10-18(11-7-14)28(26,27)24-20-5-3-4-19(15(20)2)22(25)23-21-13-16-8-9-17(21)12-16/h3-7,10-11,16-17,21,24H,8-9,12-13H2,1-2H3,(H,23,25)/t16-,17-,21+/m0/s1. The summed E-state index contributed by atoms with van der Waals surface area (Å²) in [5.74, 6) is 1.23. The van der Waals surface area contributed by atoms with E-state index in [1.807, 2.05) is 6.92 Å². The SMILES string of the molecule is Cc1ccc(S(=O)(=O)Nc2cccc(C(=O)N[C@@H]3C[C@H]4CC[C@H]3C4)c2C)cc1. The lowest BCUT2D eigenvalue weighted by atomic mass is 9.95. The van der Waals surface area contributed by atoms with E-state index in [0.29, 0.717) is 22.7 Å². The molecule has 2 aliphatic carbocycles. The van der Waals surface area contributed by atoms with Crippen LogP contribution in [0.2, 0.25) is 0 Å². The van der Waals surface area contributed by atoms with Gasteiger partial charge in [-0.1, -0.05) is 30.2 Å². The monoisotopic (exact) mass is 398 g/mol. The van der Waals surface area contributed by atoms with Gasteiger partial charge < -0.3 is 5.32 Å². The maximum atomic E-state index is 12.8. The third-order valence-electron chi connectivity index (χ3n) is 6.21. The number of fused-ring (bicyclic) bond motifs is 2. The van der Waals surface area contributed by atoms with Crippen molar-refractivity contribution in [2.75, 3.05) is 4.72 Å². The normalized spacial score (nSPS) is 23.6. The summed E-state index contributed by atoms with van der Waals surface area (Å²) in [4.78, 5) is 13.0. The van der Waals surface area contributed by atoms with E-state index in [2.05, 4.69) is 10.0 Å². The second-order valence-corrected chi connectivity index (χ2v) is 9.83. The predicted molar refractivity (Wildman–Crippen MR) is 110 cm³/mol. The fourth-order valence-electron chi connectivity index (χ4n) is 4.58. The number of aryl methyl sites for hydroxylation is 1. The molecule has 28 heavy (non-hydrogen) atoms. The molecule has 0 saturated heterocycles. The van der Waals surface area contributed by atoms with Crippen molar-refractivity contribution in [3.05, 3.63) is 59.2 Å². The van der Waals surface area contributed by atoms with Crippen LogP contribution in [0.5, 0.6) is 0 Å². The topological polar surface area (TPSA) is 75.3 Å². The van der Waals surface area contributed by atoms with Crippen LogP contribution < -0.4 is 10.0 Å². The molecule has 0 unspecified atom stereocenters. The van der Waals surface area contributed by atoms with Crippen LogP contribution in [0.4, 0.5) is 5.69 Å². The van der Waals surface area contributed by atoms with Gasteiger partial charge in [0.05, 0.1) is 10.6 Å². The van der Waals surface area contributed by atoms with E-state index >= 15 is 0 Å². The van der Waals surface area contributed by atoms with Crippen LogP contribution in [-0.2, 0) is 10.0 Å². The number of carbonyl (C=O) groups excluding carboxylic acids is 1. The van der Waals surface area contributed by atoms with Crippen LogP contribution in [0, 0.1) is 25.7 Å². The number of anilines is 1. The molecule has 1 amide bonds. The van der Waals surface area contributed by atoms with E-state index in [9.17, 15) is 13.2 Å². The average molecular weight is 399 g/mol. The number of hydrogen-bond acceptors (Lipinski definition) is 3. The summed E-state index contributed by atoms with van der Waals surface area (Å²) in [7, 11) is -3.71. The molecular weight excluding hydrogens is 372 g/mol. The molecule has 0 heterocycles. The molecule has 2 bridgehead atoms. The third-order valence-corrected chi connectivity index (χ3v) is 7.59. The number of carbonyl (C=O) groups is 1. The van der Waals surface area contributed by atoms with Crippen molar-refractivity contribution in [2.45, 2.75) is 50.5 Å². The fourth-order valence-corrected chi connectivity index (χ4v) is 5.70. The fraction of sp³-hybridized carbons (Fsp3) is 0.409. The summed E-state index contributed by atoms with van der Waals surface area (Å²) < 4.78 is 28.0. The Kier molecular flexibility index (Phi) is 4.91. The molecule has 2 aliphatic rings. The van der Waals surface area contributed by atoms with Gasteiger partial charge in [-0.15, -0.1) is 0 Å². The lowest BCUT2D eigenvalue weighted by Gasteiger charge is -2.23. The van der Waals surface area contributed by atoms with E-state index in [4.69, 9.17) is 0 Å². The van der Waals surface area contributed by atoms with Gasteiger partial charge in [0.25, 0.3) is 15.9 Å². The summed E-state index contributed by atoms with van der Waals surface area (Å²) in [5, 5.41) is 3.18. The van der Waals surface area contributed by atoms with Crippen molar-refractivity contribution >= 4 is 21.6 Å². The van der Waals surface area contributed by atoms with Crippen LogP contribution >= 0.6 is 0 Å². The quantitative estimate of drug-likeness (QED) is 0.799. The summed E-state index contributed by atoms with van der Waals surface area (Å²) in [6, 6.07) is 12.1. The molecule has 0 radical (unpaired) electrons. The Hall–Kier alpha value is -2.34. The largest absolute Gasteiger partial charge is 0.349 e. The first-order valence-corrected chi connectivity index (χ1v) is 11.3. The molecule has 5 nitrogen and oxygen atoms in total. The Bertz CT molecular complexity index is 999. The van der Waals surface area contributed by atoms with Crippen molar-refractivity contribution < 1.29 is 13.2 Å².